The number of hydrogen-bond acceptors (Lipinski definition) is 4. The van der Waals surface area contributed by atoms with E-state index in [1.807, 2.05) is 11.6 Å². The highest BCUT2D eigenvalue weighted by Crippen LogP contribution is 2.29. The van der Waals surface area contributed by atoms with Crippen molar-refractivity contribution in [1.82, 2.24) is 20.2 Å². The Morgan fingerprint density at radius 1 is 1.50 bits per heavy atom. The second-order valence-electron chi connectivity index (χ2n) is 5.15. The molecule has 0 spiro atoms. The lowest BCUT2D eigenvalue weighted by Crippen LogP contribution is -2.22. The Balaban J connectivity index is 2.00. The molecule has 16 heavy (non-hydrogen) atoms. The van der Waals surface area contributed by atoms with E-state index in [1.54, 1.807) is 0 Å². The molecule has 2 rings (SSSR count). The van der Waals surface area contributed by atoms with Crippen molar-refractivity contribution in [2.45, 2.75) is 52.1 Å². The van der Waals surface area contributed by atoms with Crippen molar-refractivity contribution >= 4 is 0 Å². The predicted molar refractivity (Wildman–Crippen MR) is 61.5 cm³/mol. The second-order valence-corrected chi connectivity index (χ2v) is 5.15. The molecule has 1 aliphatic rings. The molecule has 1 fully saturated rings. The number of aromatic nitrogens is 4. The van der Waals surface area contributed by atoms with Gasteiger partial charge in [-0.1, -0.05) is 19.8 Å². The third-order valence-electron chi connectivity index (χ3n) is 3.44. The maximum Gasteiger partial charge on any atom is 0.167 e. The van der Waals surface area contributed by atoms with Crippen LogP contribution >= 0.6 is 0 Å². The quantitative estimate of drug-likeness (QED) is 0.843. The monoisotopic (exact) mass is 223 g/mol. The maximum atomic E-state index is 5.83. The van der Waals surface area contributed by atoms with Gasteiger partial charge in [-0.05, 0) is 42.0 Å². The van der Waals surface area contributed by atoms with Gasteiger partial charge >= 0.3 is 0 Å². The van der Waals surface area contributed by atoms with Crippen LogP contribution in [0.25, 0.3) is 0 Å². The Bertz CT molecular complexity index is 333. The highest BCUT2D eigenvalue weighted by molar-refractivity contribution is 4.88. The Morgan fingerprint density at radius 2 is 2.31 bits per heavy atom. The average Bonchev–Trinajstić information content (AvgIpc) is 2.66. The minimum absolute atomic E-state index is 0.0870. The number of rotatable bonds is 3. The van der Waals surface area contributed by atoms with Gasteiger partial charge in [0, 0.05) is 6.54 Å². The molecular formula is C11H21N5. The molecule has 1 heterocycles. The van der Waals surface area contributed by atoms with Crippen LogP contribution in [0.2, 0.25) is 0 Å². The van der Waals surface area contributed by atoms with Gasteiger partial charge in [-0.2, -0.15) is 0 Å². The molecule has 1 aromatic rings. The van der Waals surface area contributed by atoms with Crippen molar-refractivity contribution in [2.75, 3.05) is 0 Å². The largest absolute Gasteiger partial charge is 0.322 e. The van der Waals surface area contributed by atoms with Crippen molar-refractivity contribution in [3.05, 3.63) is 5.82 Å². The molecule has 0 amide bonds. The van der Waals surface area contributed by atoms with Gasteiger partial charge in [-0.25, -0.2) is 4.68 Å². The molecule has 3 unspecified atom stereocenters. The Hall–Kier alpha value is -0.970. The predicted octanol–water partition coefficient (Wildman–Crippen LogP) is 1.52. The third kappa shape index (κ3) is 2.58. The average molecular weight is 223 g/mol. The van der Waals surface area contributed by atoms with Gasteiger partial charge in [0.15, 0.2) is 5.82 Å². The first-order valence-corrected chi connectivity index (χ1v) is 6.18. The molecule has 0 saturated heterocycles. The zero-order valence-corrected chi connectivity index (χ0v) is 10.1. The summed E-state index contributed by atoms with van der Waals surface area (Å²) in [5, 5.41) is 11.7. The smallest absolute Gasteiger partial charge is 0.167 e. The summed E-state index contributed by atoms with van der Waals surface area (Å²) in [5.41, 5.74) is 5.83. The molecule has 3 atom stereocenters. The Labute approximate surface area is 96.4 Å². The fourth-order valence-corrected chi connectivity index (χ4v) is 2.64. The van der Waals surface area contributed by atoms with Crippen molar-refractivity contribution in [3.8, 4) is 0 Å². The summed E-state index contributed by atoms with van der Waals surface area (Å²) in [4.78, 5) is 0. The van der Waals surface area contributed by atoms with Crippen LogP contribution in [0.4, 0.5) is 0 Å². The van der Waals surface area contributed by atoms with Crippen LogP contribution in [-0.2, 0) is 6.54 Å². The summed E-state index contributed by atoms with van der Waals surface area (Å²) in [6.45, 7) is 5.18. The van der Waals surface area contributed by atoms with Crippen molar-refractivity contribution < 1.29 is 0 Å². The highest BCUT2D eigenvalue weighted by atomic mass is 15.5. The lowest BCUT2D eigenvalue weighted by molar-refractivity contribution is 0.245. The van der Waals surface area contributed by atoms with Crippen LogP contribution in [0.1, 0.15) is 51.4 Å². The Kier molecular flexibility index (Phi) is 3.53. The number of tetrazole rings is 1. The molecule has 1 aliphatic carbocycles. The molecule has 1 saturated carbocycles. The van der Waals surface area contributed by atoms with E-state index in [9.17, 15) is 0 Å². The summed E-state index contributed by atoms with van der Waals surface area (Å²) >= 11 is 0. The van der Waals surface area contributed by atoms with E-state index in [4.69, 9.17) is 5.73 Å². The second kappa shape index (κ2) is 4.91. The van der Waals surface area contributed by atoms with Gasteiger partial charge < -0.3 is 5.73 Å². The maximum absolute atomic E-state index is 5.83. The first-order valence-electron chi connectivity index (χ1n) is 6.18. The van der Waals surface area contributed by atoms with E-state index in [1.165, 1.54) is 25.7 Å². The van der Waals surface area contributed by atoms with Gasteiger partial charge in [-0.15, -0.1) is 5.10 Å². The molecule has 0 radical (unpaired) electrons. The molecule has 2 N–H and O–H groups in total. The summed E-state index contributed by atoms with van der Waals surface area (Å²) < 4.78 is 1.88. The zero-order chi connectivity index (χ0) is 11.5. The molecule has 0 bridgehead atoms. The molecular weight excluding hydrogens is 202 g/mol. The van der Waals surface area contributed by atoms with Crippen LogP contribution in [0.3, 0.4) is 0 Å². The van der Waals surface area contributed by atoms with E-state index in [2.05, 4.69) is 22.4 Å². The van der Waals surface area contributed by atoms with Crippen molar-refractivity contribution in [1.29, 1.82) is 0 Å². The third-order valence-corrected chi connectivity index (χ3v) is 3.44. The first-order chi connectivity index (χ1) is 7.66. The van der Waals surface area contributed by atoms with Crippen LogP contribution in [0.5, 0.6) is 0 Å². The number of nitrogens with two attached hydrogens (primary N) is 1. The van der Waals surface area contributed by atoms with Gasteiger partial charge in [0.1, 0.15) is 0 Å². The van der Waals surface area contributed by atoms with Crippen LogP contribution in [0, 0.1) is 11.8 Å². The van der Waals surface area contributed by atoms with Crippen LogP contribution in [0.15, 0.2) is 0 Å². The minimum Gasteiger partial charge on any atom is -0.322 e. The fourth-order valence-electron chi connectivity index (χ4n) is 2.64. The van der Waals surface area contributed by atoms with E-state index >= 15 is 0 Å². The zero-order valence-electron chi connectivity index (χ0n) is 10.1. The van der Waals surface area contributed by atoms with Gasteiger partial charge in [0.2, 0.25) is 0 Å². The highest BCUT2D eigenvalue weighted by Gasteiger charge is 2.21. The van der Waals surface area contributed by atoms with E-state index < -0.39 is 0 Å². The standard InChI is InChI=1S/C11H21N5/c1-8-4-3-5-10(6-8)7-16-11(9(2)12)13-14-15-16/h8-10H,3-7,12H2,1-2H3. The van der Waals surface area contributed by atoms with E-state index in [-0.39, 0.29) is 6.04 Å². The SMILES string of the molecule is CC1CCCC(Cn2nnnc2C(C)N)C1. The van der Waals surface area contributed by atoms with E-state index in [0.29, 0.717) is 5.92 Å². The van der Waals surface area contributed by atoms with Gasteiger partial charge in [-0.3, -0.25) is 0 Å². The Morgan fingerprint density at radius 3 is 3.00 bits per heavy atom. The summed E-state index contributed by atoms with van der Waals surface area (Å²) in [5.74, 6) is 2.36. The summed E-state index contributed by atoms with van der Waals surface area (Å²) in [6.07, 6.45) is 5.29. The van der Waals surface area contributed by atoms with Gasteiger partial charge in [0.25, 0.3) is 0 Å². The lowest BCUT2D eigenvalue weighted by Gasteiger charge is -2.26. The van der Waals surface area contributed by atoms with Crippen molar-refractivity contribution in [3.63, 3.8) is 0 Å². The molecule has 1 aromatic heterocycles. The fraction of sp³-hybridized carbons (Fsp3) is 0.909. The molecule has 90 valence electrons. The number of hydrogen-bond donors (Lipinski definition) is 1. The van der Waals surface area contributed by atoms with E-state index in [0.717, 1.165) is 18.3 Å². The molecule has 5 nitrogen and oxygen atoms in total. The summed E-state index contributed by atoms with van der Waals surface area (Å²) in [7, 11) is 0. The number of nitrogens with zero attached hydrogens (tertiary/aromatic N) is 4. The molecule has 0 aliphatic heterocycles. The van der Waals surface area contributed by atoms with Crippen LogP contribution < -0.4 is 5.73 Å². The topological polar surface area (TPSA) is 69.6 Å². The van der Waals surface area contributed by atoms with Crippen LogP contribution in [-0.4, -0.2) is 20.2 Å². The summed E-state index contributed by atoms with van der Waals surface area (Å²) in [6, 6.07) is -0.0870. The normalized spacial score (nSPS) is 27.9. The van der Waals surface area contributed by atoms with Crippen molar-refractivity contribution in [2.24, 2.45) is 17.6 Å². The lowest BCUT2D eigenvalue weighted by atomic mass is 9.82. The minimum atomic E-state index is -0.0870. The van der Waals surface area contributed by atoms with Gasteiger partial charge in [0.05, 0.1) is 6.04 Å². The first kappa shape index (κ1) is 11.5. The molecule has 0 aromatic carbocycles. The molecule has 5 heteroatoms.